The van der Waals surface area contributed by atoms with Gasteiger partial charge in [-0.05, 0) is 58.1 Å². The molecule has 0 amide bonds. The van der Waals surface area contributed by atoms with Crippen LogP contribution in [0.3, 0.4) is 0 Å². The van der Waals surface area contributed by atoms with Crippen molar-refractivity contribution in [3.63, 3.8) is 0 Å². The van der Waals surface area contributed by atoms with E-state index in [1.165, 1.54) is 31.3 Å². The number of rotatable bonds is 6. The van der Waals surface area contributed by atoms with Crippen LogP contribution < -0.4 is 5.32 Å². The zero-order valence-corrected chi connectivity index (χ0v) is 11.1. The molecule has 0 aromatic heterocycles. The smallest absolute Gasteiger partial charge is 0.0844 e. The Bertz CT molecular complexity index is 295. The zero-order chi connectivity index (χ0) is 12.1. The first-order chi connectivity index (χ1) is 8.29. The molecule has 3 unspecified atom stereocenters. The van der Waals surface area contributed by atoms with Gasteiger partial charge < -0.3 is 10.1 Å². The number of hydrogen-bond donors (Lipinski definition) is 1. The average Bonchev–Trinajstić information content (AvgIpc) is 3.10. The zero-order valence-electron chi connectivity index (χ0n) is 11.1. The third-order valence-corrected chi connectivity index (χ3v) is 3.83. The van der Waals surface area contributed by atoms with Crippen LogP contribution in [0.2, 0.25) is 0 Å². The molecule has 1 saturated heterocycles. The first-order valence-corrected chi connectivity index (χ1v) is 6.95. The molecule has 2 fully saturated rings. The van der Waals surface area contributed by atoms with Crippen LogP contribution in [0.5, 0.6) is 0 Å². The highest BCUT2D eigenvalue weighted by Gasteiger charge is 2.43. The molecule has 3 atom stereocenters. The number of hydrogen-bond acceptors (Lipinski definition) is 2. The van der Waals surface area contributed by atoms with Crippen LogP contribution in [0.4, 0.5) is 0 Å². The summed E-state index contributed by atoms with van der Waals surface area (Å²) in [7, 11) is 0. The number of allylic oxidation sites excluding steroid dienone is 3. The fourth-order valence-corrected chi connectivity index (χ4v) is 2.65. The minimum absolute atomic E-state index is 0.626. The highest BCUT2D eigenvalue weighted by atomic mass is 16.6. The van der Waals surface area contributed by atoms with Gasteiger partial charge in [-0.25, -0.2) is 0 Å². The van der Waals surface area contributed by atoms with Gasteiger partial charge in [0.1, 0.15) is 0 Å². The first-order valence-electron chi connectivity index (χ1n) is 6.95. The Morgan fingerprint density at radius 2 is 2.24 bits per heavy atom. The molecule has 2 aliphatic rings. The molecule has 0 bridgehead atoms. The van der Waals surface area contributed by atoms with Gasteiger partial charge in [0.15, 0.2) is 0 Å². The molecule has 1 saturated carbocycles. The Hall–Kier alpha value is -0.760. The predicted molar refractivity (Wildman–Crippen MR) is 71.8 cm³/mol. The van der Waals surface area contributed by atoms with E-state index in [4.69, 9.17) is 4.74 Å². The average molecular weight is 235 g/mol. The van der Waals surface area contributed by atoms with E-state index in [2.05, 4.69) is 37.5 Å². The summed E-state index contributed by atoms with van der Waals surface area (Å²) >= 11 is 0. The van der Waals surface area contributed by atoms with Crippen molar-refractivity contribution >= 4 is 0 Å². The van der Waals surface area contributed by atoms with E-state index in [-0.39, 0.29) is 0 Å². The van der Waals surface area contributed by atoms with Crippen molar-refractivity contribution in [2.45, 2.75) is 58.2 Å². The van der Waals surface area contributed by atoms with E-state index < -0.39 is 0 Å². The normalized spacial score (nSPS) is 32.6. The third kappa shape index (κ3) is 4.19. The Kier molecular flexibility index (Phi) is 4.66. The summed E-state index contributed by atoms with van der Waals surface area (Å²) in [6.07, 6.45) is 14.0. The number of epoxide rings is 1. The van der Waals surface area contributed by atoms with Crippen LogP contribution in [-0.2, 0) is 4.74 Å². The fourth-order valence-electron chi connectivity index (χ4n) is 2.65. The summed E-state index contributed by atoms with van der Waals surface area (Å²) < 4.78 is 5.56. The van der Waals surface area contributed by atoms with E-state index in [9.17, 15) is 0 Å². The summed E-state index contributed by atoms with van der Waals surface area (Å²) in [5, 5.41) is 3.43. The maximum absolute atomic E-state index is 5.56. The van der Waals surface area contributed by atoms with Crippen LogP contribution in [0, 0.1) is 5.92 Å². The van der Waals surface area contributed by atoms with Crippen LogP contribution in [0.1, 0.15) is 46.0 Å². The summed E-state index contributed by atoms with van der Waals surface area (Å²) in [5.41, 5.74) is 1.40. The Balaban J connectivity index is 1.56. The van der Waals surface area contributed by atoms with E-state index in [1.807, 2.05) is 0 Å². The second kappa shape index (κ2) is 6.25. The molecular weight excluding hydrogens is 210 g/mol. The van der Waals surface area contributed by atoms with Gasteiger partial charge >= 0.3 is 0 Å². The second-order valence-corrected chi connectivity index (χ2v) is 5.40. The summed E-state index contributed by atoms with van der Waals surface area (Å²) in [6.45, 7) is 5.35. The molecule has 1 aliphatic carbocycles. The number of fused-ring (bicyclic) bond motifs is 1. The first kappa shape index (κ1) is 12.7. The van der Waals surface area contributed by atoms with Crippen molar-refractivity contribution in [1.29, 1.82) is 0 Å². The van der Waals surface area contributed by atoms with Gasteiger partial charge in [-0.3, -0.25) is 0 Å². The Morgan fingerprint density at radius 1 is 1.35 bits per heavy atom. The lowest BCUT2D eigenvalue weighted by Gasteiger charge is -2.18. The molecular formula is C15H25NO. The Morgan fingerprint density at radius 3 is 3.00 bits per heavy atom. The topological polar surface area (TPSA) is 24.6 Å². The molecule has 0 aromatic rings. The number of ether oxygens (including phenoxy) is 1. The van der Waals surface area contributed by atoms with Gasteiger partial charge in [0.2, 0.25) is 0 Å². The SMILES string of the molecule is C/C=C\C/C(C)=C\NCCC1CCC2OC2C1. The maximum atomic E-state index is 5.56. The van der Waals surface area contributed by atoms with Gasteiger partial charge in [0.25, 0.3) is 0 Å². The lowest BCUT2D eigenvalue weighted by Crippen LogP contribution is -2.18. The van der Waals surface area contributed by atoms with Crippen LogP contribution in [-0.4, -0.2) is 18.8 Å². The van der Waals surface area contributed by atoms with E-state index in [0.29, 0.717) is 12.2 Å². The second-order valence-electron chi connectivity index (χ2n) is 5.40. The van der Waals surface area contributed by atoms with Gasteiger partial charge in [0.05, 0.1) is 12.2 Å². The van der Waals surface area contributed by atoms with Crippen molar-refractivity contribution in [1.82, 2.24) is 5.32 Å². The van der Waals surface area contributed by atoms with E-state index in [1.54, 1.807) is 0 Å². The minimum atomic E-state index is 0.626. The molecule has 1 heterocycles. The van der Waals surface area contributed by atoms with Crippen LogP contribution in [0.15, 0.2) is 23.9 Å². The highest BCUT2D eigenvalue weighted by Crippen LogP contribution is 2.40. The predicted octanol–water partition coefficient (Wildman–Crippen LogP) is 3.40. The van der Waals surface area contributed by atoms with Crippen molar-refractivity contribution in [3.05, 3.63) is 23.9 Å². The lowest BCUT2D eigenvalue weighted by atomic mass is 9.87. The van der Waals surface area contributed by atoms with Gasteiger partial charge in [-0.1, -0.05) is 17.7 Å². The summed E-state index contributed by atoms with van der Waals surface area (Å²) in [6, 6.07) is 0. The molecule has 0 radical (unpaired) electrons. The number of nitrogens with one attached hydrogen (secondary N) is 1. The minimum Gasteiger partial charge on any atom is -0.391 e. The molecule has 1 N–H and O–H groups in total. The van der Waals surface area contributed by atoms with Gasteiger partial charge in [0, 0.05) is 6.54 Å². The monoisotopic (exact) mass is 235 g/mol. The maximum Gasteiger partial charge on any atom is 0.0844 e. The van der Waals surface area contributed by atoms with Crippen LogP contribution >= 0.6 is 0 Å². The molecule has 2 heteroatoms. The molecule has 1 aliphatic heterocycles. The largest absolute Gasteiger partial charge is 0.391 e. The fraction of sp³-hybridized carbons (Fsp3) is 0.733. The summed E-state index contributed by atoms with van der Waals surface area (Å²) in [5.74, 6) is 0.885. The Labute approximate surface area is 105 Å². The molecule has 0 spiro atoms. The van der Waals surface area contributed by atoms with Crippen molar-refractivity contribution in [2.24, 2.45) is 5.92 Å². The highest BCUT2D eigenvalue weighted by molar-refractivity contribution is 5.03. The molecule has 2 nitrogen and oxygen atoms in total. The van der Waals surface area contributed by atoms with Crippen molar-refractivity contribution in [2.75, 3.05) is 6.54 Å². The third-order valence-electron chi connectivity index (χ3n) is 3.83. The van der Waals surface area contributed by atoms with Crippen molar-refractivity contribution < 1.29 is 4.74 Å². The van der Waals surface area contributed by atoms with E-state index in [0.717, 1.165) is 18.9 Å². The van der Waals surface area contributed by atoms with Crippen molar-refractivity contribution in [3.8, 4) is 0 Å². The van der Waals surface area contributed by atoms with Gasteiger partial charge in [-0.2, -0.15) is 0 Å². The standard InChI is InChI=1S/C15H25NO/c1-3-4-5-12(2)11-16-9-8-13-6-7-14-15(10-13)17-14/h3-4,11,13-16H,5-10H2,1-2H3/b4-3-,12-11-. The molecule has 17 heavy (non-hydrogen) atoms. The molecule has 96 valence electrons. The molecule has 0 aromatic carbocycles. The van der Waals surface area contributed by atoms with Gasteiger partial charge in [-0.15, -0.1) is 0 Å². The van der Waals surface area contributed by atoms with Crippen LogP contribution in [0.25, 0.3) is 0 Å². The van der Waals surface area contributed by atoms with E-state index >= 15 is 0 Å². The summed E-state index contributed by atoms with van der Waals surface area (Å²) in [4.78, 5) is 0. The lowest BCUT2D eigenvalue weighted by molar-refractivity contribution is 0.351. The molecule has 2 rings (SSSR count). The quantitative estimate of drug-likeness (QED) is 0.433.